The van der Waals surface area contributed by atoms with Gasteiger partial charge in [-0.25, -0.2) is 0 Å². The third-order valence-corrected chi connectivity index (χ3v) is 13.4. The van der Waals surface area contributed by atoms with Crippen molar-refractivity contribution in [2.75, 3.05) is 0 Å². The lowest BCUT2D eigenvalue weighted by Gasteiger charge is -2.72. The van der Waals surface area contributed by atoms with Crippen LogP contribution in [0.25, 0.3) is 0 Å². The monoisotopic (exact) mass is 526 g/mol. The van der Waals surface area contributed by atoms with Gasteiger partial charge in [-0.3, -0.25) is 9.59 Å². The van der Waals surface area contributed by atoms with Crippen LogP contribution in [0.2, 0.25) is 0 Å². The number of hydrogen-bond donors (Lipinski definition) is 1. The number of aliphatic hydroxyl groups is 1. The maximum atomic E-state index is 13.4. The minimum absolute atomic E-state index is 0.00691. The van der Waals surface area contributed by atoms with E-state index in [0.717, 1.165) is 56.1 Å². The molecule has 5 nitrogen and oxygen atoms in total. The number of aliphatic hydroxyl groups excluding tert-OH is 1. The van der Waals surface area contributed by atoms with Crippen molar-refractivity contribution in [2.24, 2.45) is 50.7 Å². The molecule has 0 aromatic heterocycles. The summed E-state index contributed by atoms with van der Waals surface area (Å²) in [6.45, 7) is 17.9. The second-order valence-corrected chi connectivity index (χ2v) is 15.4. The number of hydrogen-bond acceptors (Lipinski definition) is 5. The van der Waals surface area contributed by atoms with Crippen molar-refractivity contribution in [1.29, 1.82) is 0 Å². The minimum Gasteiger partial charge on any atom is -0.462 e. The SMILES string of the molecule is CC(=O)OC1CCC2(C)C(CCC3(C)C2CCC2C4=C(C(C)C)C(=O)CC4(C(O)C=O)CCC23C)C1(C)C. The third-order valence-electron chi connectivity index (χ3n) is 13.4. The third kappa shape index (κ3) is 3.42. The first-order valence-electron chi connectivity index (χ1n) is 15.2. The van der Waals surface area contributed by atoms with Crippen molar-refractivity contribution in [3.63, 3.8) is 0 Å². The van der Waals surface area contributed by atoms with E-state index < -0.39 is 11.5 Å². The van der Waals surface area contributed by atoms with Gasteiger partial charge in [0.25, 0.3) is 0 Å². The maximum absolute atomic E-state index is 13.4. The average molecular weight is 527 g/mol. The first kappa shape index (κ1) is 28.1. The minimum atomic E-state index is -1.11. The predicted molar refractivity (Wildman–Crippen MR) is 147 cm³/mol. The van der Waals surface area contributed by atoms with Crippen molar-refractivity contribution in [3.05, 3.63) is 11.1 Å². The Morgan fingerprint density at radius 3 is 2.24 bits per heavy atom. The normalized spacial score (nSPS) is 46.5. The number of ketones is 1. The fourth-order valence-electron chi connectivity index (χ4n) is 11.6. The number of carbonyl (C=O) groups is 3. The second-order valence-electron chi connectivity index (χ2n) is 15.4. The molecule has 0 bridgehead atoms. The number of allylic oxidation sites excluding steroid dienone is 1. The molecule has 4 fully saturated rings. The van der Waals surface area contributed by atoms with E-state index in [0.29, 0.717) is 24.5 Å². The summed E-state index contributed by atoms with van der Waals surface area (Å²) in [6.07, 6.45) is 7.83. The lowest BCUT2D eigenvalue weighted by atomic mass is 9.33. The quantitative estimate of drug-likeness (QED) is 0.336. The number of rotatable bonds is 4. The topological polar surface area (TPSA) is 80.7 Å². The molecule has 1 N–H and O–H groups in total. The summed E-state index contributed by atoms with van der Waals surface area (Å²) in [7, 11) is 0. The lowest BCUT2D eigenvalue weighted by molar-refractivity contribution is -0.234. The largest absolute Gasteiger partial charge is 0.462 e. The molecule has 0 aromatic rings. The second kappa shape index (κ2) is 8.75. The van der Waals surface area contributed by atoms with E-state index >= 15 is 0 Å². The van der Waals surface area contributed by atoms with Crippen molar-refractivity contribution in [1.82, 2.24) is 0 Å². The zero-order valence-electron chi connectivity index (χ0n) is 25.0. The Balaban J connectivity index is 1.57. The zero-order valence-corrected chi connectivity index (χ0v) is 25.0. The summed E-state index contributed by atoms with van der Waals surface area (Å²) in [5, 5.41) is 11.1. The summed E-state index contributed by atoms with van der Waals surface area (Å²) in [5.41, 5.74) is 1.55. The molecule has 5 heteroatoms. The van der Waals surface area contributed by atoms with Gasteiger partial charge >= 0.3 is 5.97 Å². The molecule has 0 aliphatic heterocycles. The van der Waals surface area contributed by atoms with Crippen LogP contribution in [0.5, 0.6) is 0 Å². The molecule has 0 saturated heterocycles. The fourth-order valence-corrected chi connectivity index (χ4v) is 11.6. The number of aldehydes is 1. The Morgan fingerprint density at radius 2 is 1.63 bits per heavy atom. The summed E-state index contributed by atoms with van der Waals surface area (Å²) >= 11 is 0. The Hall–Kier alpha value is -1.49. The van der Waals surface area contributed by atoms with E-state index in [9.17, 15) is 19.5 Å². The summed E-state index contributed by atoms with van der Waals surface area (Å²) in [6, 6.07) is 0. The molecular formula is C33H50O5. The summed E-state index contributed by atoms with van der Waals surface area (Å²) in [4.78, 5) is 37.4. The van der Waals surface area contributed by atoms with Crippen LogP contribution in [0.4, 0.5) is 0 Å². The zero-order chi connectivity index (χ0) is 28.1. The maximum Gasteiger partial charge on any atom is 0.302 e. The molecule has 0 heterocycles. The van der Waals surface area contributed by atoms with Crippen LogP contribution in [0, 0.1) is 50.7 Å². The van der Waals surface area contributed by atoms with Crippen LogP contribution < -0.4 is 0 Å². The van der Waals surface area contributed by atoms with Gasteiger partial charge in [-0.1, -0.05) is 48.5 Å². The van der Waals surface area contributed by atoms with Crippen LogP contribution in [-0.2, 0) is 19.1 Å². The standard InChI is InChI=1S/C33H50O5/c1-19(2)27-22(36)17-33(25(37)18-34)16-15-31(7)21(28(27)33)9-10-24-30(6)13-12-26(38-20(3)35)29(4,5)23(30)11-14-32(24,31)8/h18-19,21,23-26,37H,9-17H2,1-8H3. The van der Waals surface area contributed by atoms with Gasteiger partial charge in [0.1, 0.15) is 18.5 Å². The summed E-state index contributed by atoms with van der Waals surface area (Å²) in [5.74, 6) is 1.33. The number of carbonyl (C=O) groups excluding carboxylic acids is 3. The Kier molecular flexibility index (Phi) is 6.46. The lowest BCUT2D eigenvalue weighted by Crippen LogP contribution is -2.66. The van der Waals surface area contributed by atoms with Gasteiger partial charge in [0.05, 0.1) is 0 Å². The molecule has 0 spiro atoms. The molecule has 4 saturated carbocycles. The van der Waals surface area contributed by atoms with Gasteiger partial charge in [0.15, 0.2) is 5.78 Å². The molecule has 5 rings (SSSR count). The molecule has 9 unspecified atom stereocenters. The molecule has 9 atom stereocenters. The van der Waals surface area contributed by atoms with E-state index in [4.69, 9.17) is 4.74 Å². The number of ether oxygens (including phenoxy) is 1. The van der Waals surface area contributed by atoms with Crippen LogP contribution in [0.1, 0.15) is 113 Å². The first-order valence-corrected chi connectivity index (χ1v) is 15.2. The van der Waals surface area contributed by atoms with Crippen LogP contribution in [0.3, 0.4) is 0 Å². The number of fused-ring (bicyclic) bond motifs is 7. The molecule has 0 amide bonds. The van der Waals surface area contributed by atoms with Gasteiger partial charge in [-0.15, -0.1) is 0 Å². The molecule has 0 radical (unpaired) electrons. The van der Waals surface area contributed by atoms with Crippen molar-refractivity contribution >= 4 is 18.0 Å². The Morgan fingerprint density at radius 1 is 0.947 bits per heavy atom. The van der Waals surface area contributed by atoms with Crippen LogP contribution >= 0.6 is 0 Å². The van der Waals surface area contributed by atoms with Crippen LogP contribution in [0.15, 0.2) is 11.1 Å². The average Bonchev–Trinajstić information content (AvgIpc) is 3.14. The van der Waals surface area contributed by atoms with E-state index in [1.165, 1.54) is 6.92 Å². The van der Waals surface area contributed by atoms with Gasteiger partial charge in [0.2, 0.25) is 0 Å². The molecular weight excluding hydrogens is 476 g/mol. The first-order chi connectivity index (χ1) is 17.6. The van der Waals surface area contributed by atoms with Gasteiger partial charge in [0, 0.05) is 24.2 Å². The van der Waals surface area contributed by atoms with E-state index in [-0.39, 0.29) is 57.8 Å². The van der Waals surface area contributed by atoms with Crippen molar-refractivity contribution in [2.45, 2.75) is 125 Å². The van der Waals surface area contributed by atoms with Gasteiger partial charge in [-0.2, -0.15) is 0 Å². The van der Waals surface area contributed by atoms with Gasteiger partial charge in [-0.05, 0) is 102 Å². The van der Waals surface area contributed by atoms with E-state index in [1.807, 2.05) is 0 Å². The molecule has 0 aromatic carbocycles. The highest BCUT2D eigenvalue weighted by Crippen LogP contribution is 2.77. The van der Waals surface area contributed by atoms with Crippen molar-refractivity contribution in [3.8, 4) is 0 Å². The number of Topliss-reactive ketones (excluding diaryl/α,β-unsaturated/α-hetero) is 1. The highest BCUT2D eigenvalue weighted by molar-refractivity contribution is 6.01. The van der Waals surface area contributed by atoms with Crippen molar-refractivity contribution < 1.29 is 24.2 Å². The summed E-state index contributed by atoms with van der Waals surface area (Å²) < 4.78 is 5.87. The van der Waals surface area contributed by atoms with E-state index in [2.05, 4.69) is 48.5 Å². The Labute approximate surface area is 229 Å². The van der Waals surface area contributed by atoms with Gasteiger partial charge < -0.3 is 14.6 Å². The van der Waals surface area contributed by atoms with Crippen LogP contribution in [-0.4, -0.2) is 35.4 Å². The molecule has 5 aliphatic carbocycles. The molecule has 5 aliphatic rings. The fraction of sp³-hybridized carbons (Fsp3) is 0.848. The highest BCUT2D eigenvalue weighted by Gasteiger charge is 2.70. The number of esters is 1. The highest BCUT2D eigenvalue weighted by atomic mass is 16.5. The molecule has 212 valence electrons. The smallest absolute Gasteiger partial charge is 0.302 e. The predicted octanol–water partition coefficient (Wildman–Crippen LogP) is 6.46. The van der Waals surface area contributed by atoms with E-state index in [1.54, 1.807) is 0 Å². The molecule has 38 heavy (non-hydrogen) atoms. The Bertz CT molecular complexity index is 1070.